The van der Waals surface area contributed by atoms with Crippen LogP contribution in [0, 0.1) is 28.5 Å². The van der Waals surface area contributed by atoms with Crippen molar-refractivity contribution in [2.24, 2.45) is 18.4 Å². The fourth-order valence-corrected chi connectivity index (χ4v) is 5.21. The predicted octanol–water partition coefficient (Wildman–Crippen LogP) is 4.11. The van der Waals surface area contributed by atoms with Crippen LogP contribution in [0.3, 0.4) is 0 Å². The van der Waals surface area contributed by atoms with Crippen LogP contribution in [0.25, 0.3) is 11.3 Å². The number of allylic oxidation sites excluding steroid dienone is 2. The molecule has 2 aliphatic carbocycles. The molecule has 0 radical (unpaired) electrons. The normalized spacial score (nSPS) is 26.0. The van der Waals surface area contributed by atoms with E-state index in [2.05, 4.69) is 13.0 Å². The molecule has 1 heterocycles. The van der Waals surface area contributed by atoms with Crippen LogP contribution in [0.1, 0.15) is 38.4 Å². The number of nitriles is 1. The third-order valence-corrected chi connectivity index (χ3v) is 6.46. The molecule has 1 aromatic carbocycles. The highest BCUT2D eigenvalue weighted by Crippen LogP contribution is 2.55. The van der Waals surface area contributed by atoms with Crippen LogP contribution in [0.5, 0.6) is 0 Å². The first-order valence-corrected chi connectivity index (χ1v) is 9.20. The van der Waals surface area contributed by atoms with E-state index in [1.165, 1.54) is 6.07 Å². The van der Waals surface area contributed by atoms with Crippen LogP contribution < -0.4 is 0 Å². The summed E-state index contributed by atoms with van der Waals surface area (Å²) in [7, 11) is 1.83. The Kier molecular flexibility index (Phi) is 3.68. The number of halogens is 1. The van der Waals surface area contributed by atoms with Gasteiger partial charge in [-0.1, -0.05) is 39.0 Å². The second kappa shape index (κ2) is 5.63. The van der Waals surface area contributed by atoms with Gasteiger partial charge in [-0.3, -0.25) is 9.48 Å². The topological polar surface area (TPSA) is 58.7 Å². The SMILES string of the molecule is Cn1nc2c(c1-c1ccccc1F)CC[C@H]1C(C)(C)C(=O)C(C#N)=C[C@]21C. The van der Waals surface area contributed by atoms with Crippen LogP contribution in [0.15, 0.2) is 35.9 Å². The molecule has 4 nitrogen and oxygen atoms in total. The molecule has 5 heteroatoms. The van der Waals surface area contributed by atoms with Crippen molar-refractivity contribution in [3.63, 3.8) is 0 Å². The summed E-state index contributed by atoms with van der Waals surface area (Å²) in [5, 5.41) is 14.3. The quantitative estimate of drug-likeness (QED) is 0.766. The number of fused-ring (bicyclic) bond motifs is 3. The molecule has 2 atom stereocenters. The Bertz CT molecular complexity index is 1040. The molecule has 0 N–H and O–H groups in total. The lowest BCUT2D eigenvalue weighted by atomic mass is 9.52. The maximum Gasteiger partial charge on any atom is 0.178 e. The predicted molar refractivity (Wildman–Crippen MR) is 100 cm³/mol. The highest BCUT2D eigenvalue weighted by Gasteiger charge is 2.55. The largest absolute Gasteiger partial charge is 0.293 e. The smallest absolute Gasteiger partial charge is 0.178 e. The van der Waals surface area contributed by atoms with E-state index >= 15 is 0 Å². The van der Waals surface area contributed by atoms with Gasteiger partial charge >= 0.3 is 0 Å². The van der Waals surface area contributed by atoms with Crippen LogP contribution in [-0.2, 0) is 23.7 Å². The van der Waals surface area contributed by atoms with Crippen LogP contribution in [-0.4, -0.2) is 15.6 Å². The van der Waals surface area contributed by atoms with Gasteiger partial charge in [-0.25, -0.2) is 4.39 Å². The third-order valence-electron chi connectivity index (χ3n) is 6.46. The van der Waals surface area contributed by atoms with E-state index in [1.807, 2.05) is 27.0 Å². The van der Waals surface area contributed by atoms with Crippen molar-refractivity contribution < 1.29 is 9.18 Å². The highest BCUT2D eigenvalue weighted by atomic mass is 19.1. The van der Waals surface area contributed by atoms with Crippen molar-refractivity contribution >= 4 is 5.78 Å². The molecule has 0 aliphatic heterocycles. The van der Waals surface area contributed by atoms with Gasteiger partial charge in [0.15, 0.2) is 5.78 Å². The fourth-order valence-electron chi connectivity index (χ4n) is 5.21. The van der Waals surface area contributed by atoms with Crippen LogP contribution in [0.4, 0.5) is 4.39 Å². The van der Waals surface area contributed by atoms with Crippen molar-refractivity contribution in [2.45, 2.75) is 39.0 Å². The molecule has 2 aromatic rings. The van der Waals surface area contributed by atoms with Gasteiger partial charge in [-0.05, 0) is 30.9 Å². The van der Waals surface area contributed by atoms with E-state index in [4.69, 9.17) is 5.10 Å². The minimum atomic E-state index is -0.637. The number of carbonyl (C=O) groups is 1. The van der Waals surface area contributed by atoms with E-state index < -0.39 is 10.8 Å². The summed E-state index contributed by atoms with van der Waals surface area (Å²) in [6.07, 6.45) is 3.32. The van der Waals surface area contributed by atoms with Gasteiger partial charge in [-0.2, -0.15) is 10.4 Å². The van der Waals surface area contributed by atoms with Crippen LogP contribution >= 0.6 is 0 Å². The Labute approximate surface area is 158 Å². The molecule has 138 valence electrons. The summed E-state index contributed by atoms with van der Waals surface area (Å²) in [5.74, 6) is -0.324. The zero-order valence-electron chi connectivity index (χ0n) is 16.0. The van der Waals surface area contributed by atoms with Gasteiger partial charge in [0.1, 0.15) is 11.9 Å². The lowest BCUT2D eigenvalue weighted by molar-refractivity contribution is -0.128. The van der Waals surface area contributed by atoms with Gasteiger partial charge in [0.25, 0.3) is 0 Å². The number of rotatable bonds is 1. The van der Waals surface area contributed by atoms with E-state index in [0.717, 1.165) is 29.8 Å². The first-order valence-electron chi connectivity index (χ1n) is 9.20. The molecule has 2 aliphatic rings. The number of Topliss-reactive ketones (excluding diaryl/α,β-unsaturated/α-hetero) is 1. The van der Waals surface area contributed by atoms with Crippen molar-refractivity contribution in [1.82, 2.24) is 9.78 Å². The van der Waals surface area contributed by atoms with Gasteiger partial charge in [0.05, 0.1) is 17.0 Å². The second-order valence-corrected chi connectivity index (χ2v) is 8.37. The summed E-state index contributed by atoms with van der Waals surface area (Å²) in [6.45, 7) is 5.90. The second-order valence-electron chi connectivity index (χ2n) is 8.37. The highest BCUT2D eigenvalue weighted by molar-refractivity contribution is 6.04. The standard InChI is InChI=1S/C22H22FN3O/c1-21(2)17-10-9-15-18(14-7-5-6-8-16(14)23)26(4)25-19(15)22(17,3)11-13(12-24)20(21)27/h5-8,11,17H,9-10H2,1-4H3/t17-,22-/m0/s1. The maximum absolute atomic E-state index is 14.5. The summed E-state index contributed by atoms with van der Waals surface area (Å²) in [6, 6.07) is 8.80. The molecule has 0 spiro atoms. The number of aryl methyl sites for hydroxylation is 1. The molecule has 0 fully saturated rings. The Balaban J connectivity index is 1.98. The van der Waals surface area contributed by atoms with Gasteiger partial charge in [0, 0.05) is 29.0 Å². The van der Waals surface area contributed by atoms with Crippen LogP contribution in [0.2, 0.25) is 0 Å². The molecular weight excluding hydrogens is 341 g/mol. The van der Waals surface area contributed by atoms with E-state index in [0.29, 0.717) is 5.56 Å². The molecule has 0 amide bonds. The van der Waals surface area contributed by atoms with Crippen molar-refractivity contribution in [1.29, 1.82) is 5.26 Å². The summed E-state index contributed by atoms with van der Waals surface area (Å²) in [5.41, 5.74) is 2.22. The maximum atomic E-state index is 14.5. The summed E-state index contributed by atoms with van der Waals surface area (Å²) >= 11 is 0. The van der Waals surface area contributed by atoms with E-state index in [-0.39, 0.29) is 23.1 Å². The minimum Gasteiger partial charge on any atom is -0.293 e. The van der Waals surface area contributed by atoms with Gasteiger partial charge < -0.3 is 0 Å². The van der Waals surface area contributed by atoms with Gasteiger partial charge in [-0.15, -0.1) is 0 Å². The molecular formula is C22H22FN3O. The fraction of sp³-hybridized carbons (Fsp3) is 0.409. The van der Waals surface area contributed by atoms with E-state index in [1.54, 1.807) is 22.9 Å². The van der Waals surface area contributed by atoms with E-state index in [9.17, 15) is 14.4 Å². The summed E-state index contributed by atoms with van der Waals surface area (Å²) < 4.78 is 16.2. The number of hydrogen-bond acceptors (Lipinski definition) is 3. The number of nitrogens with zero attached hydrogens (tertiary/aromatic N) is 3. The molecule has 0 bridgehead atoms. The molecule has 1 aromatic heterocycles. The number of aromatic nitrogens is 2. The number of hydrogen-bond donors (Lipinski definition) is 0. The van der Waals surface area contributed by atoms with Crippen molar-refractivity contribution in [2.75, 3.05) is 0 Å². The molecule has 0 unspecified atom stereocenters. The lowest BCUT2D eigenvalue weighted by Crippen LogP contribution is -2.51. The molecule has 27 heavy (non-hydrogen) atoms. The average Bonchev–Trinajstić information content (AvgIpc) is 2.96. The Hall–Kier alpha value is -2.74. The Morgan fingerprint density at radius 3 is 2.67 bits per heavy atom. The number of ketones is 1. The third kappa shape index (κ3) is 2.26. The summed E-state index contributed by atoms with van der Waals surface area (Å²) in [4.78, 5) is 12.8. The lowest BCUT2D eigenvalue weighted by Gasteiger charge is -2.49. The average molecular weight is 363 g/mol. The zero-order valence-corrected chi connectivity index (χ0v) is 16.0. The molecule has 4 rings (SSSR count). The molecule has 0 saturated heterocycles. The van der Waals surface area contributed by atoms with Gasteiger partial charge in [0.2, 0.25) is 0 Å². The Morgan fingerprint density at radius 1 is 1.30 bits per heavy atom. The first-order chi connectivity index (χ1) is 12.7. The van der Waals surface area contributed by atoms with Crippen molar-refractivity contribution in [3.8, 4) is 17.3 Å². The molecule has 0 saturated carbocycles. The zero-order chi connectivity index (χ0) is 19.6. The van der Waals surface area contributed by atoms with Crippen molar-refractivity contribution in [3.05, 3.63) is 53.0 Å². The number of carbonyl (C=O) groups excluding carboxylic acids is 1. The monoisotopic (exact) mass is 363 g/mol. The Morgan fingerprint density at radius 2 is 2.00 bits per heavy atom. The first kappa shape index (κ1) is 17.7. The minimum absolute atomic E-state index is 0.0467. The number of benzene rings is 1.